The van der Waals surface area contributed by atoms with Crippen LogP contribution in [-0.2, 0) is 47.3 Å². The van der Waals surface area contributed by atoms with E-state index in [2.05, 4.69) is 4.98 Å². The predicted molar refractivity (Wildman–Crippen MR) is 104 cm³/mol. The molecule has 2 saturated heterocycles. The summed E-state index contributed by atoms with van der Waals surface area (Å²) in [5.41, 5.74) is 1.30. The quantitative estimate of drug-likeness (QED) is 0.596. The number of sulfonamides is 1. The summed E-state index contributed by atoms with van der Waals surface area (Å²) in [6, 6.07) is 4.83. The normalized spacial score (nSPS) is 20.4. The number of hydrogen-bond acceptors (Lipinski definition) is 8. The Balaban J connectivity index is 1.48. The molecule has 2 aromatic rings. The first-order valence-electron chi connectivity index (χ1n) is 9.75. The van der Waals surface area contributed by atoms with Crippen molar-refractivity contribution in [1.29, 1.82) is 0 Å². The van der Waals surface area contributed by atoms with Gasteiger partial charge in [0.1, 0.15) is 5.82 Å². The number of carbonyl (C=O) groups excluding carboxylic acids is 2. The maximum atomic E-state index is 12.9. The lowest BCUT2D eigenvalue weighted by Crippen LogP contribution is -2.40. The highest BCUT2D eigenvalue weighted by atomic mass is 32.2. The molecule has 10 nitrogen and oxygen atoms in total. The second-order valence-corrected chi connectivity index (χ2v) is 9.13. The van der Waals surface area contributed by atoms with Gasteiger partial charge in [-0.15, -0.1) is 0 Å². The van der Waals surface area contributed by atoms with Gasteiger partial charge in [-0.25, -0.2) is 18.2 Å². The summed E-state index contributed by atoms with van der Waals surface area (Å²) in [7, 11) is -1.81. The molecule has 0 aliphatic carbocycles. The van der Waals surface area contributed by atoms with E-state index in [0.717, 1.165) is 5.52 Å². The Hall–Kier alpha value is -2.50. The minimum atomic E-state index is -3.62. The van der Waals surface area contributed by atoms with Crippen LogP contribution in [0.25, 0.3) is 11.0 Å². The average molecular weight is 437 g/mol. The summed E-state index contributed by atoms with van der Waals surface area (Å²) in [6.07, 6.45) is -0.0973. The van der Waals surface area contributed by atoms with Crippen molar-refractivity contribution in [3.8, 4) is 0 Å². The second kappa shape index (κ2) is 8.32. The van der Waals surface area contributed by atoms with Gasteiger partial charge < -0.3 is 18.8 Å². The molecule has 11 heteroatoms. The van der Waals surface area contributed by atoms with Crippen LogP contribution in [0.4, 0.5) is 0 Å². The van der Waals surface area contributed by atoms with E-state index in [1.807, 2.05) is 4.57 Å². The van der Waals surface area contributed by atoms with Gasteiger partial charge in [-0.2, -0.15) is 4.31 Å². The van der Waals surface area contributed by atoms with Crippen LogP contribution >= 0.6 is 0 Å². The van der Waals surface area contributed by atoms with Gasteiger partial charge in [-0.1, -0.05) is 0 Å². The lowest BCUT2D eigenvalue weighted by Gasteiger charge is -2.26. The van der Waals surface area contributed by atoms with E-state index >= 15 is 0 Å². The molecule has 0 radical (unpaired) electrons. The van der Waals surface area contributed by atoms with Gasteiger partial charge in [0.2, 0.25) is 16.1 Å². The number of aryl methyl sites for hydroxylation is 2. The van der Waals surface area contributed by atoms with Gasteiger partial charge in [0.15, 0.2) is 0 Å². The van der Waals surface area contributed by atoms with E-state index in [1.165, 1.54) is 4.31 Å². The Morgan fingerprint density at radius 3 is 2.73 bits per heavy atom. The molecule has 0 N–H and O–H groups in total. The molecule has 3 heterocycles. The molecule has 2 aliphatic heterocycles. The van der Waals surface area contributed by atoms with Crippen LogP contribution < -0.4 is 0 Å². The number of rotatable bonds is 6. The summed E-state index contributed by atoms with van der Waals surface area (Å²) in [5, 5.41) is 0. The van der Waals surface area contributed by atoms with Crippen molar-refractivity contribution < 1.29 is 32.2 Å². The summed E-state index contributed by atoms with van der Waals surface area (Å²) < 4.78 is 44.1. The molecule has 1 aromatic heterocycles. The summed E-state index contributed by atoms with van der Waals surface area (Å²) in [4.78, 5) is 28.1. The second-order valence-electron chi connectivity index (χ2n) is 7.19. The van der Waals surface area contributed by atoms with Crippen LogP contribution in [-0.4, -0.2) is 73.2 Å². The maximum absolute atomic E-state index is 12.9. The minimum Gasteiger partial charge on any atom is -0.463 e. The zero-order valence-corrected chi connectivity index (χ0v) is 17.4. The van der Waals surface area contributed by atoms with Crippen molar-refractivity contribution in [1.82, 2.24) is 13.9 Å². The zero-order chi connectivity index (χ0) is 21.3. The summed E-state index contributed by atoms with van der Waals surface area (Å²) >= 11 is 0. The number of ether oxygens (including phenoxy) is 3. The highest BCUT2D eigenvalue weighted by Crippen LogP contribution is 2.23. The third-order valence-corrected chi connectivity index (χ3v) is 7.16. The molecule has 1 atom stereocenters. The lowest BCUT2D eigenvalue weighted by atomic mass is 10.3. The number of carbonyl (C=O) groups is 2. The molecule has 2 aliphatic rings. The SMILES string of the molecule is Cn1c(CCC(=O)OC2CCOC2=O)nc2cc(S(=O)(=O)N3CCOCC3)ccc21. The number of nitrogens with zero attached hydrogens (tertiary/aromatic N) is 3. The van der Waals surface area contributed by atoms with Crippen LogP contribution in [0.1, 0.15) is 18.7 Å². The van der Waals surface area contributed by atoms with E-state index in [-0.39, 0.29) is 17.9 Å². The summed E-state index contributed by atoms with van der Waals surface area (Å²) in [5.74, 6) is -0.390. The molecular formula is C19H23N3O7S. The molecule has 162 valence electrons. The van der Waals surface area contributed by atoms with Crippen LogP contribution in [0.15, 0.2) is 23.1 Å². The van der Waals surface area contributed by atoms with Gasteiger partial charge in [-0.3, -0.25) is 4.79 Å². The fourth-order valence-corrected chi connectivity index (χ4v) is 4.99. The van der Waals surface area contributed by atoms with E-state index in [9.17, 15) is 18.0 Å². The number of cyclic esters (lactones) is 1. The molecule has 0 amide bonds. The maximum Gasteiger partial charge on any atom is 0.347 e. The Kier molecular flexibility index (Phi) is 5.76. The number of esters is 2. The first kappa shape index (κ1) is 20.8. The first-order valence-corrected chi connectivity index (χ1v) is 11.2. The molecule has 1 aromatic carbocycles. The predicted octanol–water partition coefficient (Wildman–Crippen LogP) is 0.386. The zero-order valence-electron chi connectivity index (χ0n) is 16.6. The van der Waals surface area contributed by atoms with Crippen molar-refractivity contribution in [2.24, 2.45) is 7.05 Å². The van der Waals surface area contributed by atoms with Crippen molar-refractivity contribution >= 4 is 33.0 Å². The van der Waals surface area contributed by atoms with Gasteiger partial charge in [-0.05, 0) is 18.2 Å². The number of aromatic nitrogens is 2. The van der Waals surface area contributed by atoms with Gasteiger partial charge in [0.05, 0.1) is 42.2 Å². The van der Waals surface area contributed by atoms with E-state index in [1.54, 1.807) is 25.2 Å². The van der Waals surface area contributed by atoms with Crippen molar-refractivity contribution in [2.75, 3.05) is 32.9 Å². The van der Waals surface area contributed by atoms with Crippen molar-refractivity contribution in [3.63, 3.8) is 0 Å². The number of morpholine rings is 1. The minimum absolute atomic E-state index is 0.0554. The van der Waals surface area contributed by atoms with Crippen molar-refractivity contribution in [3.05, 3.63) is 24.0 Å². The molecule has 0 bridgehead atoms. The number of fused-ring (bicyclic) bond motifs is 1. The fourth-order valence-electron chi connectivity index (χ4n) is 3.57. The van der Waals surface area contributed by atoms with Crippen LogP contribution in [0.3, 0.4) is 0 Å². The first-order chi connectivity index (χ1) is 14.4. The number of imidazole rings is 1. The lowest BCUT2D eigenvalue weighted by molar-refractivity contribution is -0.160. The number of benzene rings is 1. The molecular weight excluding hydrogens is 414 g/mol. The Bertz CT molecular complexity index is 1070. The fraction of sp³-hybridized carbons (Fsp3) is 0.526. The number of hydrogen-bond donors (Lipinski definition) is 0. The third kappa shape index (κ3) is 4.05. The van der Waals surface area contributed by atoms with E-state index in [0.29, 0.717) is 50.5 Å². The van der Waals surface area contributed by atoms with Crippen molar-refractivity contribution in [2.45, 2.75) is 30.3 Å². The average Bonchev–Trinajstić information content (AvgIpc) is 3.29. The monoisotopic (exact) mass is 437 g/mol. The molecule has 1 unspecified atom stereocenters. The molecule has 2 fully saturated rings. The van der Waals surface area contributed by atoms with Gasteiger partial charge >= 0.3 is 11.9 Å². The van der Waals surface area contributed by atoms with Gasteiger partial charge in [0, 0.05) is 33.0 Å². The Labute approximate surface area is 173 Å². The molecule has 0 spiro atoms. The van der Waals surface area contributed by atoms with Crippen LogP contribution in [0, 0.1) is 0 Å². The standard InChI is InChI=1S/C19H23N3O7S/c1-21-15-3-2-13(30(25,26)22-7-10-27-11-8-22)12-14(15)20-17(21)4-5-18(23)29-16-6-9-28-19(16)24/h2-3,12,16H,4-11H2,1H3. The Morgan fingerprint density at radius 2 is 2.03 bits per heavy atom. The molecule has 30 heavy (non-hydrogen) atoms. The largest absolute Gasteiger partial charge is 0.463 e. The van der Waals surface area contributed by atoms with Crippen LogP contribution in [0.2, 0.25) is 0 Å². The molecule has 4 rings (SSSR count). The molecule has 0 saturated carbocycles. The highest BCUT2D eigenvalue weighted by molar-refractivity contribution is 7.89. The third-order valence-electron chi connectivity index (χ3n) is 5.27. The highest BCUT2D eigenvalue weighted by Gasteiger charge is 2.30. The topological polar surface area (TPSA) is 117 Å². The summed E-state index contributed by atoms with van der Waals surface area (Å²) in [6.45, 7) is 1.67. The Morgan fingerprint density at radius 1 is 1.27 bits per heavy atom. The van der Waals surface area contributed by atoms with Crippen LogP contribution in [0.5, 0.6) is 0 Å². The van der Waals surface area contributed by atoms with E-state index < -0.39 is 28.1 Å². The smallest absolute Gasteiger partial charge is 0.347 e. The van der Waals surface area contributed by atoms with Gasteiger partial charge in [0.25, 0.3) is 0 Å². The van der Waals surface area contributed by atoms with E-state index in [4.69, 9.17) is 14.2 Å².